The number of ketones is 1. The number of methoxy groups -OCH3 is 1. The molecule has 1 aliphatic heterocycles. The smallest absolute Gasteiger partial charge is 0.343 e. The van der Waals surface area contributed by atoms with Crippen molar-refractivity contribution < 1.29 is 23.8 Å². The topological polar surface area (TPSA) is 77.6 Å². The summed E-state index contributed by atoms with van der Waals surface area (Å²) in [6, 6.07) is 29.1. The molecule has 6 heteroatoms. The normalized spacial score (nSPS) is 13.4. The fourth-order valence-corrected chi connectivity index (χ4v) is 4.40. The van der Waals surface area contributed by atoms with E-state index in [1.54, 1.807) is 55.7 Å². The first-order valence-corrected chi connectivity index (χ1v) is 11.7. The Hall–Kier alpha value is -5.10. The number of hydrogen-bond acceptors (Lipinski definition) is 5. The molecule has 0 fully saturated rings. The quantitative estimate of drug-likeness (QED) is 0.170. The highest BCUT2D eigenvalue weighted by atomic mass is 16.5. The molecule has 1 aromatic heterocycles. The molecule has 6 rings (SSSR count). The van der Waals surface area contributed by atoms with Crippen molar-refractivity contribution in [3.8, 4) is 28.5 Å². The third-order valence-electron chi connectivity index (χ3n) is 6.25. The van der Waals surface area contributed by atoms with Crippen molar-refractivity contribution in [2.75, 3.05) is 7.11 Å². The monoisotopic (exact) mass is 487 g/mol. The molecule has 0 atom stereocenters. The molecule has 0 bridgehead atoms. The summed E-state index contributed by atoms with van der Waals surface area (Å²) in [6.45, 7) is 0. The van der Waals surface area contributed by atoms with E-state index in [0.717, 1.165) is 27.7 Å². The third-order valence-corrected chi connectivity index (χ3v) is 6.25. The summed E-state index contributed by atoms with van der Waals surface area (Å²) >= 11 is 0. The highest BCUT2D eigenvalue weighted by Crippen LogP contribution is 2.38. The predicted molar refractivity (Wildman–Crippen MR) is 141 cm³/mol. The number of nitrogens with one attached hydrogen (secondary N) is 1. The van der Waals surface area contributed by atoms with Gasteiger partial charge in [-0.1, -0.05) is 48.5 Å². The lowest BCUT2D eigenvalue weighted by Gasteiger charge is -2.06. The number of esters is 1. The van der Waals surface area contributed by atoms with Gasteiger partial charge in [0.15, 0.2) is 5.76 Å². The zero-order valence-corrected chi connectivity index (χ0v) is 19.9. The minimum absolute atomic E-state index is 0.183. The average molecular weight is 488 g/mol. The van der Waals surface area contributed by atoms with Crippen LogP contribution in [0.2, 0.25) is 0 Å². The summed E-state index contributed by atoms with van der Waals surface area (Å²) in [5, 5.41) is 0.899. The molecular formula is C31H21NO5. The molecule has 0 saturated carbocycles. The summed E-state index contributed by atoms with van der Waals surface area (Å²) in [5.74, 6) is 0.796. The number of aromatic nitrogens is 1. The van der Waals surface area contributed by atoms with Gasteiger partial charge < -0.3 is 19.2 Å². The maximum Gasteiger partial charge on any atom is 0.343 e. The summed E-state index contributed by atoms with van der Waals surface area (Å²) in [7, 11) is 1.62. The standard InChI is InChI=1S/C31H21NO5/c1-35-21-13-15-26-24(16-21)25(29(32-26)19-8-4-2-5-9-19)18-28-30(33)23-14-12-22(17-27(23)37-28)36-31(34)20-10-6-3-7-11-20/h2-18,32H,1H3. The second kappa shape index (κ2) is 9.17. The van der Waals surface area contributed by atoms with Crippen LogP contribution in [-0.4, -0.2) is 23.8 Å². The van der Waals surface area contributed by atoms with Gasteiger partial charge in [0.25, 0.3) is 0 Å². The van der Waals surface area contributed by atoms with Crippen molar-refractivity contribution in [1.29, 1.82) is 0 Å². The fraction of sp³-hybridized carbons (Fsp3) is 0.0323. The molecule has 0 saturated heterocycles. The van der Waals surface area contributed by atoms with Crippen molar-refractivity contribution in [2.24, 2.45) is 0 Å². The van der Waals surface area contributed by atoms with Crippen LogP contribution in [0.1, 0.15) is 26.3 Å². The van der Waals surface area contributed by atoms with Crippen molar-refractivity contribution >= 4 is 28.7 Å². The number of rotatable bonds is 5. The van der Waals surface area contributed by atoms with Crippen LogP contribution in [0.3, 0.4) is 0 Å². The van der Waals surface area contributed by atoms with Gasteiger partial charge in [0, 0.05) is 22.5 Å². The van der Waals surface area contributed by atoms with Crippen molar-refractivity contribution in [1.82, 2.24) is 4.98 Å². The number of carbonyl (C=O) groups excluding carboxylic acids is 2. The molecule has 0 unspecified atom stereocenters. The van der Waals surface area contributed by atoms with Crippen molar-refractivity contribution in [2.45, 2.75) is 0 Å². The number of fused-ring (bicyclic) bond motifs is 2. The van der Waals surface area contributed by atoms with Gasteiger partial charge in [-0.25, -0.2) is 4.79 Å². The molecule has 37 heavy (non-hydrogen) atoms. The molecular weight excluding hydrogens is 466 g/mol. The first-order chi connectivity index (χ1) is 18.1. The van der Waals surface area contributed by atoms with Crippen molar-refractivity contribution in [3.63, 3.8) is 0 Å². The van der Waals surface area contributed by atoms with Crippen LogP contribution in [0.15, 0.2) is 103 Å². The zero-order valence-electron chi connectivity index (χ0n) is 19.9. The maximum absolute atomic E-state index is 13.2. The molecule has 1 N–H and O–H groups in total. The zero-order chi connectivity index (χ0) is 25.4. The number of allylic oxidation sites excluding steroid dienone is 1. The number of carbonyl (C=O) groups is 2. The van der Waals surface area contributed by atoms with E-state index in [0.29, 0.717) is 28.4 Å². The predicted octanol–water partition coefficient (Wildman–Crippen LogP) is 6.68. The lowest BCUT2D eigenvalue weighted by Crippen LogP contribution is -2.08. The Morgan fingerprint density at radius 2 is 1.59 bits per heavy atom. The van der Waals surface area contributed by atoms with Crippen molar-refractivity contribution in [3.05, 3.63) is 120 Å². The molecule has 5 aromatic rings. The molecule has 1 aliphatic rings. The van der Waals surface area contributed by atoms with Gasteiger partial charge in [-0.05, 0) is 54.1 Å². The van der Waals surface area contributed by atoms with E-state index in [-0.39, 0.29) is 11.5 Å². The second-order valence-electron chi connectivity index (χ2n) is 8.54. The van der Waals surface area contributed by atoms with Gasteiger partial charge in [0.2, 0.25) is 5.78 Å². The summed E-state index contributed by atoms with van der Waals surface area (Å²) in [4.78, 5) is 29.2. The molecule has 180 valence electrons. The highest BCUT2D eigenvalue weighted by molar-refractivity contribution is 6.16. The van der Waals surface area contributed by atoms with E-state index in [1.807, 2.05) is 54.6 Å². The number of H-pyrrole nitrogens is 1. The number of ether oxygens (including phenoxy) is 3. The van der Waals surface area contributed by atoms with Crippen LogP contribution in [0.4, 0.5) is 0 Å². The maximum atomic E-state index is 13.2. The third kappa shape index (κ3) is 4.15. The molecule has 0 amide bonds. The first kappa shape index (κ1) is 22.4. The number of Topliss-reactive ketones (excluding diaryl/α,β-unsaturated/α-hetero) is 1. The van der Waals surface area contributed by atoms with Crippen LogP contribution in [0, 0.1) is 0 Å². The van der Waals surface area contributed by atoms with Gasteiger partial charge in [-0.2, -0.15) is 0 Å². The van der Waals surface area contributed by atoms with Crippen LogP contribution in [0.25, 0.3) is 28.2 Å². The Balaban J connectivity index is 1.37. The Morgan fingerprint density at radius 3 is 2.35 bits per heavy atom. The summed E-state index contributed by atoms with van der Waals surface area (Å²) in [5.41, 5.74) is 4.40. The number of aromatic amines is 1. The van der Waals surface area contributed by atoms with E-state index >= 15 is 0 Å². The lowest BCUT2D eigenvalue weighted by atomic mass is 10.0. The fourth-order valence-electron chi connectivity index (χ4n) is 4.40. The van der Waals surface area contributed by atoms with Gasteiger partial charge in [0.05, 0.1) is 23.9 Å². The minimum atomic E-state index is -0.485. The van der Waals surface area contributed by atoms with Crippen LogP contribution in [0.5, 0.6) is 17.2 Å². The Bertz CT molecular complexity index is 1680. The minimum Gasteiger partial charge on any atom is -0.497 e. The molecule has 4 aromatic carbocycles. The van der Waals surface area contributed by atoms with Crippen LogP contribution in [-0.2, 0) is 0 Å². The van der Waals surface area contributed by atoms with E-state index in [9.17, 15) is 9.59 Å². The summed E-state index contributed by atoms with van der Waals surface area (Å²) < 4.78 is 16.9. The van der Waals surface area contributed by atoms with Crippen LogP contribution >= 0.6 is 0 Å². The largest absolute Gasteiger partial charge is 0.497 e. The lowest BCUT2D eigenvalue weighted by molar-refractivity contribution is 0.0734. The average Bonchev–Trinajstić information content (AvgIpc) is 3.46. The molecule has 0 aliphatic carbocycles. The molecule has 2 heterocycles. The SMILES string of the molecule is COc1ccc2[nH]c(-c3ccccc3)c(C=C3Oc4cc(OC(=O)c5ccccc5)ccc4C3=O)c2c1. The Kier molecular flexibility index (Phi) is 5.54. The van der Waals surface area contributed by atoms with E-state index in [1.165, 1.54) is 0 Å². The second-order valence-corrected chi connectivity index (χ2v) is 8.54. The number of benzene rings is 4. The van der Waals surface area contributed by atoms with E-state index < -0.39 is 5.97 Å². The van der Waals surface area contributed by atoms with E-state index in [2.05, 4.69) is 4.98 Å². The van der Waals surface area contributed by atoms with Gasteiger partial charge in [-0.3, -0.25) is 4.79 Å². The Labute approximate surface area is 212 Å². The Morgan fingerprint density at radius 1 is 0.865 bits per heavy atom. The molecule has 0 spiro atoms. The van der Waals surface area contributed by atoms with Gasteiger partial charge in [-0.15, -0.1) is 0 Å². The molecule has 0 radical (unpaired) electrons. The van der Waals surface area contributed by atoms with Gasteiger partial charge >= 0.3 is 5.97 Å². The number of hydrogen-bond donors (Lipinski definition) is 1. The first-order valence-electron chi connectivity index (χ1n) is 11.7. The summed E-state index contributed by atoms with van der Waals surface area (Å²) in [6.07, 6.45) is 1.75. The van der Waals surface area contributed by atoms with Gasteiger partial charge in [0.1, 0.15) is 17.2 Å². The van der Waals surface area contributed by atoms with E-state index in [4.69, 9.17) is 14.2 Å². The highest BCUT2D eigenvalue weighted by Gasteiger charge is 2.29. The van der Waals surface area contributed by atoms with Crippen LogP contribution < -0.4 is 14.2 Å². The molecule has 6 nitrogen and oxygen atoms in total.